The van der Waals surface area contributed by atoms with Crippen LogP contribution >= 0.6 is 0 Å². The van der Waals surface area contributed by atoms with Crippen molar-refractivity contribution in [2.75, 3.05) is 27.3 Å². The molecule has 32 heavy (non-hydrogen) atoms. The summed E-state index contributed by atoms with van der Waals surface area (Å²) in [5.74, 6) is 1.59. The first-order chi connectivity index (χ1) is 15.5. The molecule has 8 heteroatoms. The molecule has 0 saturated carbocycles. The van der Waals surface area contributed by atoms with Crippen LogP contribution in [0.2, 0.25) is 0 Å². The number of nitrogens with one attached hydrogen (secondary N) is 1. The number of likely N-dealkylation sites (tertiary alicyclic amines) is 1. The highest BCUT2D eigenvalue weighted by Crippen LogP contribution is 2.35. The third-order valence-corrected chi connectivity index (χ3v) is 6.37. The molecule has 2 bridgehead atoms. The van der Waals surface area contributed by atoms with E-state index in [-0.39, 0.29) is 42.1 Å². The minimum absolute atomic E-state index is 0.0105. The van der Waals surface area contributed by atoms with E-state index in [1.165, 1.54) is 0 Å². The van der Waals surface area contributed by atoms with Gasteiger partial charge in [0.05, 0.1) is 14.2 Å². The van der Waals surface area contributed by atoms with Gasteiger partial charge in [-0.15, -0.1) is 0 Å². The second-order valence-corrected chi connectivity index (χ2v) is 8.45. The monoisotopic (exact) mass is 439 g/mol. The molecule has 3 heterocycles. The zero-order chi connectivity index (χ0) is 22.7. The van der Waals surface area contributed by atoms with E-state index in [0.717, 1.165) is 17.7 Å². The minimum Gasteiger partial charge on any atom is -0.497 e. The smallest absolute Gasteiger partial charge is 0.250 e. The Kier molecular flexibility index (Phi) is 6.48. The molecule has 1 fully saturated rings. The number of fused-ring (bicyclic) bond motifs is 4. The second kappa shape index (κ2) is 9.46. The molecule has 2 aliphatic heterocycles. The maximum absolute atomic E-state index is 12.8. The first-order valence-electron chi connectivity index (χ1n) is 10.9. The Hall–Kier alpha value is -3.29. The molecule has 2 atom stereocenters. The fourth-order valence-electron chi connectivity index (χ4n) is 4.76. The zero-order valence-electron chi connectivity index (χ0n) is 18.5. The van der Waals surface area contributed by atoms with Gasteiger partial charge in [0.2, 0.25) is 11.8 Å². The number of carbonyl (C=O) groups is 2. The van der Waals surface area contributed by atoms with Crippen LogP contribution < -0.4 is 20.3 Å². The average Bonchev–Trinajstić information content (AvgIpc) is 2.81. The number of methoxy groups -OCH3 is 2. The van der Waals surface area contributed by atoms with Crippen molar-refractivity contribution in [3.63, 3.8) is 0 Å². The summed E-state index contributed by atoms with van der Waals surface area (Å²) in [4.78, 5) is 39.1. The van der Waals surface area contributed by atoms with Crippen molar-refractivity contribution in [3.05, 3.63) is 58.0 Å². The summed E-state index contributed by atoms with van der Waals surface area (Å²) in [6.07, 6.45) is 1.31. The molecule has 0 radical (unpaired) electrons. The largest absolute Gasteiger partial charge is 0.497 e. The van der Waals surface area contributed by atoms with Crippen LogP contribution in [0.1, 0.15) is 36.4 Å². The van der Waals surface area contributed by atoms with E-state index < -0.39 is 0 Å². The SMILES string of the molecule is COc1ccc(CNC(=O)CCC(=O)N2CC3C[C@@H](C2)Cn2c3cccc2=O)c(OC)c1. The van der Waals surface area contributed by atoms with Gasteiger partial charge in [-0.25, -0.2) is 0 Å². The Labute approximate surface area is 187 Å². The van der Waals surface area contributed by atoms with Crippen molar-refractivity contribution in [3.8, 4) is 11.5 Å². The highest BCUT2D eigenvalue weighted by molar-refractivity contribution is 5.84. The van der Waals surface area contributed by atoms with Crippen LogP contribution in [0.5, 0.6) is 11.5 Å². The Morgan fingerprint density at radius 1 is 1.06 bits per heavy atom. The van der Waals surface area contributed by atoms with Gasteiger partial charge in [0, 0.05) is 68.3 Å². The van der Waals surface area contributed by atoms with Gasteiger partial charge in [0.15, 0.2) is 0 Å². The number of rotatable bonds is 7. The number of amides is 2. The number of hydrogen-bond donors (Lipinski definition) is 1. The molecular formula is C24H29N3O5. The van der Waals surface area contributed by atoms with Crippen LogP contribution in [0.3, 0.4) is 0 Å². The molecule has 2 aromatic rings. The Bertz CT molecular complexity index is 1060. The number of aromatic nitrogens is 1. The summed E-state index contributed by atoms with van der Waals surface area (Å²) in [5, 5.41) is 2.86. The van der Waals surface area contributed by atoms with Crippen LogP contribution in [0, 0.1) is 5.92 Å². The van der Waals surface area contributed by atoms with Crippen molar-refractivity contribution >= 4 is 11.8 Å². The van der Waals surface area contributed by atoms with E-state index in [4.69, 9.17) is 9.47 Å². The van der Waals surface area contributed by atoms with E-state index in [0.29, 0.717) is 37.7 Å². The Morgan fingerprint density at radius 3 is 2.69 bits per heavy atom. The first-order valence-corrected chi connectivity index (χ1v) is 10.9. The van der Waals surface area contributed by atoms with Crippen LogP contribution in [-0.4, -0.2) is 48.6 Å². The number of pyridine rings is 1. The number of benzene rings is 1. The van der Waals surface area contributed by atoms with Crippen LogP contribution in [0.15, 0.2) is 41.2 Å². The minimum atomic E-state index is -0.176. The highest BCUT2D eigenvalue weighted by Gasteiger charge is 2.36. The summed E-state index contributed by atoms with van der Waals surface area (Å²) in [5.41, 5.74) is 1.88. The summed E-state index contributed by atoms with van der Waals surface area (Å²) >= 11 is 0. The quantitative estimate of drug-likeness (QED) is 0.712. The standard InChI is InChI=1S/C24H29N3O5/c1-31-19-7-6-17(21(11-19)32-2)12-25-22(28)8-9-23(29)26-13-16-10-18(15-26)20-4-3-5-24(30)27(20)14-16/h3-7,11,16,18H,8-10,12-15H2,1-2H3,(H,25,28)/t16-,18?/m0/s1. The molecule has 1 saturated heterocycles. The van der Waals surface area contributed by atoms with Crippen molar-refractivity contribution in [2.45, 2.75) is 38.3 Å². The Balaban J connectivity index is 1.29. The highest BCUT2D eigenvalue weighted by atomic mass is 16.5. The van der Waals surface area contributed by atoms with Gasteiger partial charge in [-0.3, -0.25) is 14.4 Å². The molecule has 2 aliphatic rings. The molecule has 1 N–H and O–H groups in total. The maximum atomic E-state index is 12.8. The lowest BCUT2D eigenvalue weighted by Crippen LogP contribution is -2.49. The first kappa shape index (κ1) is 21.9. The van der Waals surface area contributed by atoms with E-state index in [1.807, 2.05) is 27.7 Å². The van der Waals surface area contributed by atoms with E-state index in [2.05, 4.69) is 5.32 Å². The van der Waals surface area contributed by atoms with Crippen LogP contribution in [0.4, 0.5) is 0 Å². The summed E-state index contributed by atoms with van der Waals surface area (Å²) in [6.45, 7) is 2.21. The number of ether oxygens (including phenoxy) is 2. The number of piperidine rings is 1. The van der Waals surface area contributed by atoms with Gasteiger partial charge >= 0.3 is 0 Å². The molecule has 8 nitrogen and oxygen atoms in total. The van der Waals surface area contributed by atoms with Gasteiger partial charge in [-0.05, 0) is 30.5 Å². The fourth-order valence-corrected chi connectivity index (χ4v) is 4.76. The predicted octanol–water partition coefficient (Wildman–Crippen LogP) is 1.91. The molecule has 1 aromatic carbocycles. The van der Waals surface area contributed by atoms with Crippen molar-refractivity contribution in [2.24, 2.45) is 5.92 Å². The van der Waals surface area contributed by atoms with Crippen LogP contribution in [-0.2, 0) is 22.7 Å². The predicted molar refractivity (Wildman–Crippen MR) is 119 cm³/mol. The van der Waals surface area contributed by atoms with E-state index in [9.17, 15) is 14.4 Å². The molecule has 1 aromatic heterocycles. The molecular weight excluding hydrogens is 410 g/mol. The topological polar surface area (TPSA) is 89.9 Å². The van der Waals surface area contributed by atoms with Gasteiger partial charge in [0.1, 0.15) is 11.5 Å². The van der Waals surface area contributed by atoms with Crippen molar-refractivity contribution in [1.29, 1.82) is 0 Å². The zero-order valence-corrected chi connectivity index (χ0v) is 18.5. The Morgan fingerprint density at radius 2 is 1.91 bits per heavy atom. The van der Waals surface area contributed by atoms with E-state index in [1.54, 1.807) is 32.4 Å². The number of hydrogen-bond acceptors (Lipinski definition) is 5. The fraction of sp³-hybridized carbons (Fsp3) is 0.458. The summed E-state index contributed by atoms with van der Waals surface area (Å²) in [7, 11) is 3.16. The lowest BCUT2D eigenvalue weighted by molar-refractivity contribution is -0.136. The molecule has 2 amide bonds. The lowest BCUT2D eigenvalue weighted by Gasteiger charge is -2.42. The molecule has 170 valence electrons. The van der Waals surface area contributed by atoms with Gasteiger partial charge in [-0.2, -0.15) is 0 Å². The second-order valence-electron chi connectivity index (χ2n) is 8.45. The molecule has 4 rings (SSSR count). The summed E-state index contributed by atoms with van der Waals surface area (Å²) < 4.78 is 12.4. The number of nitrogens with zero attached hydrogens (tertiary/aromatic N) is 2. The summed E-state index contributed by atoms with van der Waals surface area (Å²) in [6, 6.07) is 10.8. The third-order valence-electron chi connectivity index (χ3n) is 6.37. The van der Waals surface area contributed by atoms with Gasteiger partial charge in [0.25, 0.3) is 5.56 Å². The van der Waals surface area contributed by atoms with Gasteiger partial charge in [-0.1, -0.05) is 6.07 Å². The van der Waals surface area contributed by atoms with Crippen LogP contribution in [0.25, 0.3) is 0 Å². The van der Waals surface area contributed by atoms with E-state index >= 15 is 0 Å². The van der Waals surface area contributed by atoms with Gasteiger partial charge < -0.3 is 24.3 Å². The average molecular weight is 440 g/mol. The number of carbonyl (C=O) groups excluding carboxylic acids is 2. The maximum Gasteiger partial charge on any atom is 0.250 e. The van der Waals surface area contributed by atoms with Crippen molar-refractivity contribution in [1.82, 2.24) is 14.8 Å². The molecule has 0 aliphatic carbocycles. The van der Waals surface area contributed by atoms with Crippen molar-refractivity contribution < 1.29 is 19.1 Å². The molecule has 0 spiro atoms. The third kappa shape index (κ3) is 4.64. The lowest BCUT2D eigenvalue weighted by atomic mass is 9.83. The molecule has 1 unspecified atom stereocenters. The normalized spacial score (nSPS) is 19.1.